The van der Waals surface area contributed by atoms with Gasteiger partial charge in [0.25, 0.3) is 11.8 Å². The van der Waals surface area contributed by atoms with Crippen LogP contribution in [0.2, 0.25) is 0 Å². The van der Waals surface area contributed by atoms with Crippen molar-refractivity contribution in [2.45, 2.75) is 6.42 Å². The van der Waals surface area contributed by atoms with E-state index in [-0.39, 0.29) is 11.8 Å². The number of nitrogens with zero attached hydrogens (tertiary/aromatic N) is 1. The molecule has 186 valence electrons. The highest BCUT2D eigenvalue weighted by molar-refractivity contribution is 6.09. The predicted octanol–water partition coefficient (Wildman–Crippen LogP) is 7.50. The Morgan fingerprint density at radius 1 is 0.605 bits per heavy atom. The summed E-state index contributed by atoms with van der Waals surface area (Å²) in [5.41, 5.74) is 5.66. The quantitative estimate of drug-likeness (QED) is 0.242. The van der Waals surface area contributed by atoms with Crippen LogP contribution in [0, 0.1) is 0 Å². The Balaban J connectivity index is 1.32. The van der Waals surface area contributed by atoms with Crippen LogP contribution in [0.25, 0.3) is 11.1 Å². The summed E-state index contributed by atoms with van der Waals surface area (Å²) < 4.78 is 0. The molecule has 5 aromatic carbocycles. The Labute approximate surface area is 223 Å². The first kappa shape index (κ1) is 24.7. The van der Waals surface area contributed by atoms with Gasteiger partial charge in [-0.25, -0.2) is 0 Å². The molecule has 0 bridgehead atoms. The van der Waals surface area contributed by atoms with E-state index in [9.17, 15) is 9.59 Å². The Hall–Kier alpha value is -4.96. The fraction of sp³-hybridized carbons (Fsp3) is 0.0588. The molecule has 0 saturated heterocycles. The molecule has 0 aromatic heterocycles. The van der Waals surface area contributed by atoms with E-state index in [2.05, 4.69) is 17.4 Å². The highest BCUT2D eigenvalue weighted by Crippen LogP contribution is 2.25. The number of carbonyl (C=O) groups excluding carboxylic acids is 2. The number of anilines is 2. The van der Waals surface area contributed by atoms with E-state index in [0.29, 0.717) is 23.4 Å². The summed E-state index contributed by atoms with van der Waals surface area (Å²) in [5.74, 6) is -0.281. The van der Waals surface area contributed by atoms with Crippen molar-refractivity contribution in [2.75, 3.05) is 16.8 Å². The summed E-state index contributed by atoms with van der Waals surface area (Å²) in [7, 11) is 0. The van der Waals surface area contributed by atoms with Gasteiger partial charge >= 0.3 is 0 Å². The lowest BCUT2D eigenvalue weighted by Gasteiger charge is -2.23. The van der Waals surface area contributed by atoms with Crippen molar-refractivity contribution in [3.8, 4) is 11.1 Å². The second-order valence-electron chi connectivity index (χ2n) is 8.97. The minimum Gasteiger partial charge on any atom is -0.322 e. The molecule has 5 rings (SSSR count). The number of amides is 2. The van der Waals surface area contributed by atoms with Crippen molar-refractivity contribution in [1.82, 2.24) is 0 Å². The Morgan fingerprint density at radius 2 is 1.18 bits per heavy atom. The predicted molar refractivity (Wildman–Crippen MR) is 155 cm³/mol. The highest BCUT2D eigenvalue weighted by atomic mass is 16.2. The molecule has 0 saturated carbocycles. The van der Waals surface area contributed by atoms with Crippen LogP contribution in [0.4, 0.5) is 11.4 Å². The van der Waals surface area contributed by atoms with Crippen LogP contribution >= 0.6 is 0 Å². The topological polar surface area (TPSA) is 49.4 Å². The largest absolute Gasteiger partial charge is 0.322 e. The van der Waals surface area contributed by atoms with Gasteiger partial charge in [-0.05, 0) is 65.6 Å². The number of rotatable bonds is 8. The molecule has 0 fully saturated rings. The van der Waals surface area contributed by atoms with E-state index in [1.165, 1.54) is 5.56 Å². The van der Waals surface area contributed by atoms with Gasteiger partial charge in [0.15, 0.2) is 0 Å². The maximum atomic E-state index is 13.6. The Morgan fingerprint density at radius 3 is 1.87 bits per heavy atom. The van der Waals surface area contributed by atoms with E-state index in [4.69, 9.17) is 0 Å². The molecule has 0 radical (unpaired) electrons. The molecule has 0 spiro atoms. The number of nitrogens with one attached hydrogen (secondary N) is 1. The number of benzene rings is 5. The van der Waals surface area contributed by atoms with Crippen LogP contribution in [-0.2, 0) is 6.42 Å². The van der Waals surface area contributed by atoms with E-state index in [1.54, 1.807) is 29.2 Å². The fourth-order valence-electron chi connectivity index (χ4n) is 4.44. The van der Waals surface area contributed by atoms with E-state index < -0.39 is 0 Å². The molecule has 0 aliphatic rings. The average Bonchev–Trinajstić information content (AvgIpc) is 2.99. The van der Waals surface area contributed by atoms with Crippen LogP contribution < -0.4 is 10.2 Å². The molecule has 4 heteroatoms. The molecule has 2 amide bonds. The van der Waals surface area contributed by atoms with Crippen LogP contribution in [0.1, 0.15) is 26.3 Å². The van der Waals surface area contributed by atoms with Crippen molar-refractivity contribution >= 4 is 23.2 Å². The van der Waals surface area contributed by atoms with Gasteiger partial charge in [-0.1, -0.05) is 97.1 Å². The van der Waals surface area contributed by atoms with Crippen molar-refractivity contribution in [3.05, 3.63) is 156 Å². The first-order valence-corrected chi connectivity index (χ1v) is 12.7. The third-order valence-corrected chi connectivity index (χ3v) is 6.43. The lowest BCUT2D eigenvalue weighted by atomic mass is 9.99. The zero-order valence-electron chi connectivity index (χ0n) is 21.0. The van der Waals surface area contributed by atoms with Gasteiger partial charge < -0.3 is 10.2 Å². The molecule has 1 N–H and O–H groups in total. The molecule has 38 heavy (non-hydrogen) atoms. The summed E-state index contributed by atoms with van der Waals surface area (Å²) in [4.78, 5) is 28.5. The Bertz CT molecular complexity index is 1500. The summed E-state index contributed by atoms with van der Waals surface area (Å²) in [5, 5.41) is 2.98. The molecular formula is C34H28N2O2. The zero-order valence-corrected chi connectivity index (χ0v) is 21.0. The second kappa shape index (κ2) is 11.8. The molecule has 0 aliphatic heterocycles. The van der Waals surface area contributed by atoms with Gasteiger partial charge in [0.2, 0.25) is 0 Å². The minimum absolute atomic E-state index is 0.0839. The molecule has 0 aliphatic carbocycles. The second-order valence-corrected chi connectivity index (χ2v) is 8.97. The number of hydrogen-bond acceptors (Lipinski definition) is 2. The minimum atomic E-state index is -0.197. The summed E-state index contributed by atoms with van der Waals surface area (Å²) in [6, 6.07) is 44.3. The summed E-state index contributed by atoms with van der Waals surface area (Å²) in [6.07, 6.45) is 0.746. The van der Waals surface area contributed by atoms with Gasteiger partial charge in [-0.3, -0.25) is 9.59 Å². The molecule has 0 heterocycles. The third kappa shape index (κ3) is 5.88. The fourth-order valence-corrected chi connectivity index (χ4v) is 4.44. The molecule has 4 nitrogen and oxygen atoms in total. The van der Waals surface area contributed by atoms with Gasteiger partial charge in [0.05, 0.1) is 0 Å². The molecule has 0 unspecified atom stereocenters. The number of carbonyl (C=O) groups is 2. The normalized spacial score (nSPS) is 10.5. The van der Waals surface area contributed by atoms with E-state index >= 15 is 0 Å². The van der Waals surface area contributed by atoms with Gasteiger partial charge in [-0.2, -0.15) is 0 Å². The molecule has 0 atom stereocenters. The van der Waals surface area contributed by atoms with Crippen molar-refractivity contribution in [1.29, 1.82) is 0 Å². The maximum Gasteiger partial charge on any atom is 0.258 e. The van der Waals surface area contributed by atoms with Crippen molar-refractivity contribution in [2.24, 2.45) is 0 Å². The first-order chi connectivity index (χ1) is 18.7. The monoisotopic (exact) mass is 496 g/mol. The summed E-state index contributed by atoms with van der Waals surface area (Å²) >= 11 is 0. The van der Waals surface area contributed by atoms with Crippen LogP contribution in [0.5, 0.6) is 0 Å². The molecule has 5 aromatic rings. The van der Waals surface area contributed by atoms with Gasteiger partial charge in [-0.15, -0.1) is 0 Å². The summed E-state index contributed by atoms with van der Waals surface area (Å²) in [6.45, 7) is 0.557. The van der Waals surface area contributed by atoms with E-state index in [1.807, 2.05) is 103 Å². The Kier molecular flexibility index (Phi) is 7.71. The van der Waals surface area contributed by atoms with E-state index in [0.717, 1.165) is 23.2 Å². The smallest absolute Gasteiger partial charge is 0.258 e. The van der Waals surface area contributed by atoms with Gasteiger partial charge in [0.1, 0.15) is 0 Å². The highest BCUT2D eigenvalue weighted by Gasteiger charge is 2.18. The number of para-hydroxylation sites is 1. The number of hydrogen-bond donors (Lipinski definition) is 1. The SMILES string of the molecule is O=C(Nc1ccc(C(=O)N(CCc2ccccc2)c2ccccc2)cc1)c1ccccc1-c1ccccc1. The maximum absolute atomic E-state index is 13.6. The first-order valence-electron chi connectivity index (χ1n) is 12.7. The average molecular weight is 497 g/mol. The van der Waals surface area contributed by atoms with Crippen molar-refractivity contribution < 1.29 is 9.59 Å². The standard InChI is InChI=1S/C34H28N2O2/c37-33(32-19-11-10-18-31(32)27-14-6-2-7-15-27)35-29-22-20-28(21-23-29)34(38)36(30-16-8-3-9-17-30)25-24-26-12-4-1-5-13-26/h1-23H,24-25H2,(H,35,37). The lowest BCUT2D eigenvalue weighted by molar-refractivity contribution is 0.0986. The van der Waals surface area contributed by atoms with Crippen LogP contribution in [-0.4, -0.2) is 18.4 Å². The van der Waals surface area contributed by atoms with Crippen molar-refractivity contribution in [3.63, 3.8) is 0 Å². The lowest BCUT2D eigenvalue weighted by Crippen LogP contribution is -2.33. The zero-order chi connectivity index (χ0) is 26.2. The third-order valence-electron chi connectivity index (χ3n) is 6.43. The molecular weight excluding hydrogens is 468 g/mol. The van der Waals surface area contributed by atoms with Crippen LogP contribution in [0.15, 0.2) is 140 Å². The van der Waals surface area contributed by atoms with Crippen LogP contribution in [0.3, 0.4) is 0 Å². The van der Waals surface area contributed by atoms with Gasteiger partial charge in [0, 0.05) is 29.0 Å².